The molecule has 0 aromatic heterocycles. The smallest absolute Gasteiger partial charge is 0.161 e. The van der Waals surface area contributed by atoms with Crippen LogP contribution in [0, 0.1) is 0 Å². The van der Waals surface area contributed by atoms with Crippen LogP contribution in [-0.4, -0.2) is 27.3 Å². The van der Waals surface area contributed by atoms with Crippen LogP contribution in [-0.2, 0) is 5.41 Å². The lowest BCUT2D eigenvalue weighted by molar-refractivity contribution is 0.352. The zero-order valence-electron chi connectivity index (χ0n) is 12.2. The van der Waals surface area contributed by atoms with Crippen LogP contribution in [0.2, 0.25) is 0 Å². The number of ether oxygens (including phenoxy) is 2. The topological polar surface area (TPSA) is 30.5 Å². The monoisotopic (exact) mass is 251 g/mol. The predicted octanol–water partition coefficient (Wildman–Crippen LogP) is 2.98. The van der Waals surface area contributed by atoms with Gasteiger partial charge < -0.3 is 14.8 Å². The van der Waals surface area contributed by atoms with Crippen LogP contribution in [0.3, 0.4) is 0 Å². The fourth-order valence-electron chi connectivity index (χ4n) is 1.98. The molecule has 1 N–H and O–H groups in total. The fraction of sp³-hybridized carbons (Fsp3) is 0.600. The first-order valence-electron chi connectivity index (χ1n) is 6.48. The lowest BCUT2D eigenvalue weighted by Gasteiger charge is -2.26. The van der Waals surface area contributed by atoms with Crippen molar-refractivity contribution in [3.63, 3.8) is 0 Å². The molecule has 3 heteroatoms. The summed E-state index contributed by atoms with van der Waals surface area (Å²) in [5.41, 5.74) is 1.40. The molecule has 0 radical (unpaired) electrons. The van der Waals surface area contributed by atoms with Gasteiger partial charge in [0.1, 0.15) is 0 Å². The molecule has 0 saturated carbocycles. The summed E-state index contributed by atoms with van der Waals surface area (Å²) in [7, 11) is 3.33. The first kappa shape index (κ1) is 14.8. The second-order valence-corrected chi connectivity index (χ2v) is 5.06. The van der Waals surface area contributed by atoms with Crippen molar-refractivity contribution in [1.82, 2.24) is 5.32 Å². The average Bonchev–Trinajstić information content (AvgIpc) is 2.38. The molecule has 18 heavy (non-hydrogen) atoms. The van der Waals surface area contributed by atoms with Gasteiger partial charge in [-0.05, 0) is 42.6 Å². The first-order chi connectivity index (χ1) is 8.55. The van der Waals surface area contributed by atoms with E-state index in [1.165, 1.54) is 5.56 Å². The molecule has 0 atom stereocenters. The Bertz CT molecular complexity index is 375. The van der Waals surface area contributed by atoms with Crippen LogP contribution < -0.4 is 14.8 Å². The zero-order valence-corrected chi connectivity index (χ0v) is 12.2. The average molecular weight is 251 g/mol. The molecule has 0 bridgehead atoms. The van der Waals surface area contributed by atoms with Crippen molar-refractivity contribution in [2.45, 2.75) is 32.6 Å². The van der Waals surface area contributed by atoms with E-state index in [0.29, 0.717) is 0 Å². The molecule has 0 aliphatic heterocycles. The second-order valence-electron chi connectivity index (χ2n) is 5.06. The molecule has 1 rings (SSSR count). The molecule has 1 aromatic carbocycles. The Hall–Kier alpha value is -1.22. The van der Waals surface area contributed by atoms with Gasteiger partial charge in [-0.2, -0.15) is 0 Å². The number of nitrogens with one attached hydrogen (secondary N) is 1. The van der Waals surface area contributed by atoms with Crippen molar-refractivity contribution in [2.75, 3.05) is 27.3 Å². The summed E-state index contributed by atoms with van der Waals surface area (Å²) in [5, 5.41) is 3.37. The van der Waals surface area contributed by atoms with E-state index in [1.54, 1.807) is 14.2 Å². The summed E-state index contributed by atoms with van der Waals surface area (Å²) in [6, 6.07) is 6.17. The third-order valence-electron chi connectivity index (χ3n) is 3.34. The fourth-order valence-corrected chi connectivity index (χ4v) is 1.98. The number of methoxy groups -OCH3 is 2. The summed E-state index contributed by atoms with van der Waals surface area (Å²) in [6.07, 6.45) is 1.09. The van der Waals surface area contributed by atoms with Gasteiger partial charge in [0.25, 0.3) is 0 Å². The Kier molecular flexibility index (Phi) is 5.48. The molecular weight excluding hydrogens is 226 g/mol. The predicted molar refractivity (Wildman–Crippen MR) is 75.7 cm³/mol. The van der Waals surface area contributed by atoms with E-state index in [4.69, 9.17) is 9.47 Å². The maximum absolute atomic E-state index is 5.36. The standard InChI is InChI=1S/C15H25NO2/c1-6-16-10-9-15(2,3)12-7-8-13(17-4)14(11-12)18-5/h7-8,11,16H,6,9-10H2,1-5H3. The lowest BCUT2D eigenvalue weighted by atomic mass is 9.81. The zero-order chi connectivity index (χ0) is 13.6. The van der Waals surface area contributed by atoms with Gasteiger partial charge in [-0.25, -0.2) is 0 Å². The molecule has 102 valence electrons. The van der Waals surface area contributed by atoms with Crippen molar-refractivity contribution >= 4 is 0 Å². The quantitative estimate of drug-likeness (QED) is 0.756. The molecular formula is C15H25NO2. The Labute approximate surface area is 110 Å². The lowest BCUT2D eigenvalue weighted by Crippen LogP contribution is -2.25. The van der Waals surface area contributed by atoms with Crippen LogP contribution in [0.5, 0.6) is 11.5 Å². The highest BCUT2D eigenvalue weighted by atomic mass is 16.5. The normalized spacial score (nSPS) is 11.4. The van der Waals surface area contributed by atoms with Gasteiger partial charge in [-0.1, -0.05) is 26.8 Å². The van der Waals surface area contributed by atoms with E-state index in [1.807, 2.05) is 6.07 Å². The Morgan fingerprint density at radius 2 is 1.78 bits per heavy atom. The van der Waals surface area contributed by atoms with E-state index >= 15 is 0 Å². The van der Waals surface area contributed by atoms with Gasteiger partial charge in [0, 0.05) is 0 Å². The minimum atomic E-state index is 0.127. The number of hydrogen-bond donors (Lipinski definition) is 1. The van der Waals surface area contributed by atoms with Crippen LogP contribution in [0.25, 0.3) is 0 Å². The summed E-state index contributed by atoms with van der Waals surface area (Å²) in [6.45, 7) is 8.68. The minimum absolute atomic E-state index is 0.127. The first-order valence-corrected chi connectivity index (χ1v) is 6.48. The molecule has 0 fully saturated rings. The van der Waals surface area contributed by atoms with E-state index in [-0.39, 0.29) is 5.41 Å². The summed E-state index contributed by atoms with van der Waals surface area (Å²) < 4.78 is 10.6. The molecule has 0 unspecified atom stereocenters. The summed E-state index contributed by atoms with van der Waals surface area (Å²) in [5.74, 6) is 1.58. The van der Waals surface area contributed by atoms with Crippen LogP contribution in [0.15, 0.2) is 18.2 Å². The molecule has 0 saturated heterocycles. The highest BCUT2D eigenvalue weighted by Crippen LogP contribution is 2.34. The van der Waals surface area contributed by atoms with E-state index in [9.17, 15) is 0 Å². The Balaban J connectivity index is 2.87. The summed E-state index contributed by atoms with van der Waals surface area (Å²) >= 11 is 0. The van der Waals surface area contributed by atoms with Crippen molar-refractivity contribution in [3.05, 3.63) is 23.8 Å². The van der Waals surface area contributed by atoms with Crippen LogP contribution in [0.4, 0.5) is 0 Å². The Morgan fingerprint density at radius 1 is 1.11 bits per heavy atom. The summed E-state index contributed by atoms with van der Waals surface area (Å²) in [4.78, 5) is 0. The van der Waals surface area contributed by atoms with Gasteiger partial charge in [-0.3, -0.25) is 0 Å². The highest BCUT2D eigenvalue weighted by molar-refractivity contribution is 5.44. The number of benzene rings is 1. The minimum Gasteiger partial charge on any atom is -0.493 e. The SMILES string of the molecule is CCNCCC(C)(C)c1ccc(OC)c(OC)c1. The number of hydrogen-bond acceptors (Lipinski definition) is 3. The van der Waals surface area contributed by atoms with Crippen molar-refractivity contribution in [3.8, 4) is 11.5 Å². The Morgan fingerprint density at radius 3 is 2.33 bits per heavy atom. The maximum Gasteiger partial charge on any atom is 0.161 e. The molecule has 1 aromatic rings. The van der Waals surface area contributed by atoms with Crippen molar-refractivity contribution in [2.24, 2.45) is 0 Å². The van der Waals surface area contributed by atoms with Gasteiger partial charge >= 0.3 is 0 Å². The van der Waals surface area contributed by atoms with Crippen LogP contribution in [0.1, 0.15) is 32.8 Å². The molecule has 3 nitrogen and oxygen atoms in total. The molecule has 0 amide bonds. The highest BCUT2D eigenvalue weighted by Gasteiger charge is 2.21. The van der Waals surface area contributed by atoms with E-state index < -0.39 is 0 Å². The molecule has 0 heterocycles. The van der Waals surface area contributed by atoms with Crippen LogP contribution >= 0.6 is 0 Å². The van der Waals surface area contributed by atoms with Gasteiger partial charge in [-0.15, -0.1) is 0 Å². The van der Waals surface area contributed by atoms with Gasteiger partial charge in [0.2, 0.25) is 0 Å². The number of rotatable bonds is 7. The third kappa shape index (κ3) is 3.64. The molecule has 0 aliphatic rings. The van der Waals surface area contributed by atoms with E-state index in [2.05, 4.69) is 38.2 Å². The molecule has 0 spiro atoms. The van der Waals surface area contributed by atoms with Gasteiger partial charge in [0.05, 0.1) is 14.2 Å². The van der Waals surface area contributed by atoms with Gasteiger partial charge in [0.15, 0.2) is 11.5 Å². The van der Waals surface area contributed by atoms with Crippen molar-refractivity contribution in [1.29, 1.82) is 0 Å². The van der Waals surface area contributed by atoms with Crippen molar-refractivity contribution < 1.29 is 9.47 Å². The molecule has 0 aliphatic carbocycles. The second kappa shape index (κ2) is 6.64. The third-order valence-corrected chi connectivity index (χ3v) is 3.34. The maximum atomic E-state index is 5.36. The van der Waals surface area contributed by atoms with E-state index in [0.717, 1.165) is 31.0 Å². The largest absolute Gasteiger partial charge is 0.493 e.